The highest BCUT2D eigenvalue weighted by Crippen LogP contribution is 2.27. The molecule has 3 aromatic rings. The summed E-state index contributed by atoms with van der Waals surface area (Å²) in [5.41, 5.74) is 8.03. The average molecular weight is 480 g/mol. The van der Waals surface area contributed by atoms with Crippen LogP contribution in [0.3, 0.4) is 0 Å². The molecule has 4 rings (SSSR count). The molecule has 8 nitrogen and oxygen atoms in total. The smallest absolute Gasteiger partial charge is 0.262 e. The van der Waals surface area contributed by atoms with Gasteiger partial charge >= 0.3 is 0 Å². The maximum Gasteiger partial charge on any atom is 0.262 e. The molecule has 0 bridgehead atoms. The number of amides is 2. The molecule has 2 amide bonds. The molecule has 0 unspecified atom stereocenters. The lowest BCUT2D eigenvalue weighted by molar-refractivity contribution is -0.118. The molecule has 0 saturated carbocycles. The van der Waals surface area contributed by atoms with Crippen molar-refractivity contribution in [3.63, 3.8) is 0 Å². The number of hydrogen-bond acceptors (Lipinski definition) is 5. The molecule has 1 aliphatic rings. The summed E-state index contributed by atoms with van der Waals surface area (Å²) in [5, 5.41) is 2.73. The number of nitrogens with one attached hydrogen (secondary N) is 1. The Labute approximate surface area is 198 Å². The molecule has 1 fully saturated rings. The first-order chi connectivity index (χ1) is 16.3. The third-order valence-corrected chi connectivity index (χ3v) is 7.45. The van der Waals surface area contributed by atoms with Gasteiger partial charge in [0.25, 0.3) is 11.8 Å². The zero-order valence-corrected chi connectivity index (χ0v) is 19.3. The number of ether oxygens (including phenoxy) is 1. The van der Waals surface area contributed by atoms with Crippen LogP contribution >= 0.6 is 0 Å². The molecule has 1 aliphatic heterocycles. The number of anilines is 1. The van der Waals surface area contributed by atoms with Crippen LogP contribution in [-0.2, 0) is 14.8 Å². The van der Waals surface area contributed by atoms with Crippen molar-refractivity contribution in [3.05, 3.63) is 78.4 Å². The van der Waals surface area contributed by atoms with Gasteiger partial charge in [-0.3, -0.25) is 9.59 Å². The van der Waals surface area contributed by atoms with E-state index >= 15 is 0 Å². The van der Waals surface area contributed by atoms with Gasteiger partial charge in [0.05, 0.1) is 10.5 Å². The van der Waals surface area contributed by atoms with Gasteiger partial charge in [0.2, 0.25) is 10.0 Å². The standard InChI is InChI=1S/C25H25N3O5S/c26-25(30)22-16-21(34(31,32)28-14-4-5-15-28)12-13-23(22)33-17-24(29)27-20-10-8-19(9-11-20)18-6-2-1-3-7-18/h1-3,6-13,16H,4-5,14-15,17H2,(H2,26,30)(H,27,29). The molecule has 0 aliphatic carbocycles. The quantitative estimate of drug-likeness (QED) is 0.514. The normalized spacial score (nSPS) is 14.0. The maximum atomic E-state index is 12.8. The summed E-state index contributed by atoms with van der Waals surface area (Å²) in [7, 11) is -3.72. The van der Waals surface area contributed by atoms with Crippen molar-refractivity contribution in [3.8, 4) is 16.9 Å². The summed E-state index contributed by atoms with van der Waals surface area (Å²) in [6.07, 6.45) is 1.60. The fraction of sp³-hybridized carbons (Fsp3) is 0.200. The first kappa shape index (κ1) is 23.5. The van der Waals surface area contributed by atoms with Crippen LogP contribution in [0.25, 0.3) is 11.1 Å². The van der Waals surface area contributed by atoms with E-state index in [1.165, 1.54) is 22.5 Å². The van der Waals surface area contributed by atoms with Crippen molar-refractivity contribution >= 4 is 27.5 Å². The van der Waals surface area contributed by atoms with Crippen LogP contribution in [0.1, 0.15) is 23.2 Å². The van der Waals surface area contributed by atoms with E-state index in [0.717, 1.165) is 24.0 Å². The van der Waals surface area contributed by atoms with E-state index in [0.29, 0.717) is 18.8 Å². The van der Waals surface area contributed by atoms with Gasteiger partial charge in [-0.25, -0.2) is 8.42 Å². The molecule has 0 aromatic heterocycles. The molecule has 0 atom stereocenters. The number of carbonyl (C=O) groups is 2. The molecule has 3 N–H and O–H groups in total. The molecule has 176 valence electrons. The molecule has 9 heteroatoms. The second-order valence-corrected chi connectivity index (χ2v) is 9.85. The second kappa shape index (κ2) is 10.1. The Hall–Kier alpha value is -3.69. The third kappa shape index (κ3) is 5.27. The second-order valence-electron chi connectivity index (χ2n) is 7.91. The lowest BCUT2D eigenvalue weighted by Gasteiger charge is -2.17. The minimum Gasteiger partial charge on any atom is -0.483 e. The Bertz CT molecular complexity index is 1290. The van der Waals surface area contributed by atoms with Crippen LogP contribution in [0.2, 0.25) is 0 Å². The van der Waals surface area contributed by atoms with Crippen molar-refractivity contribution in [1.82, 2.24) is 4.31 Å². The largest absolute Gasteiger partial charge is 0.483 e. The maximum absolute atomic E-state index is 12.8. The summed E-state index contributed by atoms with van der Waals surface area (Å²) in [5.74, 6) is -1.23. The number of nitrogens with two attached hydrogens (primary N) is 1. The Morgan fingerprint density at radius 1 is 0.912 bits per heavy atom. The number of primary amides is 1. The number of sulfonamides is 1. The van der Waals surface area contributed by atoms with E-state index in [-0.39, 0.29) is 22.8 Å². The van der Waals surface area contributed by atoms with Crippen LogP contribution in [0.15, 0.2) is 77.7 Å². The van der Waals surface area contributed by atoms with Crippen LogP contribution in [0, 0.1) is 0 Å². The number of nitrogens with zero attached hydrogens (tertiary/aromatic N) is 1. The van der Waals surface area contributed by atoms with Crippen molar-refractivity contribution in [2.75, 3.05) is 25.0 Å². The van der Waals surface area contributed by atoms with Gasteiger partial charge in [-0.2, -0.15) is 4.31 Å². The van der Waals surface area contributed by atoms with E-state index in [4.69, 9.17) is 10.5 Å². The first-order valence-electron chi connectivity index (χ1n) is 10.9. The Kier molecular flexibility index (Phi) is 6.95. The van der Waals surface area contributed by atoms with Crippen LogP contribution in [0.4, 0.5) is 5.69 Å². The van der Waals surface area contributed by atoms with Crippen LogP contribution < -0.4 is 15.8 Å². The number of carbonyl (C=O) groups excluding carboxylic acids is 2. The zero-order chi connectivity index (χ0) is 24.1. The minimum atomic E-state index is -3.72. The number of hydrogen-bond donors (Lipinski definition) is 2. The lowest BCUT2D eigenvalue weighted by atomic mass is 10.1. The Balaban J connectivity index is 1.41. The van der Waals surface area contributed by atoms with Crippen molar-refractivity contribution in [2.45, 2.75) is 17.7 Å². The SMILES string of the molecule is NC(=O)c1cc(S(=O)(=O)N2CCCC2)ccc1OCC(=O)Nc1ccc(-c2ccccc2)cc1. The van der Waals surface area contributed by atoms with E-state index < -0.39 is 21.8 Å². The molecular weight excluding hydrogens is 454 g/mol. The average Bonchev–Trinajstić information content (AvgIpc) is 3.40. The van der Waals surface area contributed by atoms with Gasteiger partial charge in [-0.05, 0) is 54.3 Å². The molecule has 1 heterocycles. The number of rotatable bonds is 8. The van der Waals surface area contributed by atoms with Gasteiger partial charge in [-0.1, -0.05) is 42.5 Å². The lowest BCUT2D eigenvalue weighted by Crippen LogP contribution is -2.28. The summed E-state index contributed by atoms with van der Waals surface area (Å²) < 4.78 is 32.4. The predicted molar refractivity (Wildman–Crippen MR) is 129 cm³/mol. The van der Waals surface area contributed by atoms with Gasteiger partial charge in [0.1, 0.15) is 5.75 Å². The predicted octanol–water partition coefficient (Wildman–Crippen LogP) is 3.25. The highest BCUT2D eigenvalue weighted by Gasteiger charge is 2.28. The molecule has 0 spiro atoms. The molecule has 3 aromatic carbocycles. The minimum absolute atomic E-state index is 0.0292. The van der Waals surface area contributed by atoms with Crippen molar-refractivity contribution < 1.29 is 22.7 Å². The fourth-order valence-corrected chi connectivity index (χ4v) is 5.33. The zero-order valence-electron chi connectivity index (χ0n) is 18.4. The molecule has 0 radical (unpaired) electrons. The van der Waals surface area contributed by atoms with Crippen molar-refractivity contribution in [2.24, 2.45) is 5.73 Å². The third-order valence-electron chi connectivity index (χ3n) is 5.55. The Morgan fingerprint density at radius 3 is 2.21 bits per heavy atom. The topological polar surface area (TPSA) is 119 Å². The summed E-state index contributed by atoms with van der Waals surface area (Å²) >= 11 is 0. The van der Waals surface area contributed by atoms with Gasteiger partial charge in [-0.15, -0.1) is 0 Å². The van der Waals surface area contributed by atoms with Crippen LogP contribution in [-0.4, -0.2) is 44.2 Å². The van der Waals surface area contributed by atoms with Crippen molar-refractivity contribution in [1.29, 1.82) is 0 Å². The highest BCUT2D eigenvalue weighted by molar-refractivity contribution is 7.89. The van der Waals surface area contributed by atoms with Gasteiger partial charge in [0, 0.05) is 18.8 Å². The first-order valence-corrected chi connectivity index (χ1v) is 12.3. The monoisotopic (exact) mass is 479 g/mol. The van der Waals surface area contributed by atoms with E-state index in [2.05, 4.69) is 5.32 Å². The fourth-order valence-electron chi connectivity index (χ4n) is 3.78. The summed E-state index contributed by atoms with van der Waals surface area (Å²) in [6, 6.07) is 21.1. The van der Waals surface area contributed by atoms with Gasteiger partial charge < -0.3 is 15.8 Å². The van der Waals surface area contributed by atoms with Crippen LogP contribution in [0.5, 0.6) is 5.75 Å². The molecule has 34 heavy (non-hydrogen) atoms. The summed E-state index contributed by atoms with van der Waals surface area (Å²) in [4.78, 5) is 24.3. The van der Waals surface area contributed by atoms with E-state index in [9.17, 15) is 18.0 Å². The van der Waals surface area contributed by atoms with E-state index in [1.807, 2.05) is 42.5 Å². The number of benzene rings is 3. The van der Waals surface area contributed by atoms with E-state index in [1.54, 1.807) is 12.1 Å². The van der Waals surface area contributed by atoms with Gasteiger partial charge in [0.15, 0.2) is 6.61 Å². The molecular formula is C25H25N3O5S. The highest BCUT2D eigenvalue weighted by atomic mass is 32.2. The molecule has 1 saturated heterocycles. The summed E-state index contributed by atoms with van der Waals surface area (Å²) in [6.45, 7) is 0.511. The Morgan fingerprint density at radius 2 is 1.56 bits per heavy atom.